The van der Waals surface area contributed by atoms with Gasteiger partial charge in [-0.2, -0.15) is 0 Å². The first-order valence-corrected chi connectivity index (χ1v) is 11.6. The van der Waals surface area contributed by atoms with E-state index in [9.17, 15) is 27.1 Å². The Bertz CT molecular complexity index is 665. The Labute approximate surface area is 184 Å². The zero-order valence-corrected chi connectivity index (χ0v) is 19.8. The molecule has 31 heavy (non-hydrogen) atoms. The third kappa shape index (κ3) is 6.43. The van der Waals surface area contributed by atoms with Crippen LogP contribution in [0.3, 0.4) is 0 Å². The lowest BCUT2D eigenvalue weighted by molar-refractivity contribution is -0.103. The van der Waals surface area contributed by atoms with E-state index in [1.165, 1.54) is 13.3 Å². The highest BCUT2D eigenvalue weighted by Gasteiger charge is 2.43. The van der Waals surface area contributed by atoms with Gasteiger partial charge in [0.1, 0.15) is 0 Å². The molecular formula is C25H39F5O. The van der Waals surface area contributed by atoms with Crippen molar-refractivity contribution in [2.45, 2.75) is 104 Å². The van der Waals surface area contributed by atoms with Crippen molar-refractivity contribution in [1.29, 1.82) is 0 Å². The average molecular weight is 451 g/mol. The fourth-order valence-corrected chi connectivity index (χ4v) is 4.92. The first-order valence-electron chi connectivity index (χ1n) is 11.6. The molecule has 180 valence electrons. The van der Waals surface area contributed by atoms with Crippen molar-refractivity contribution in [1.82, 2.24) is 0 Å². The second-order valence-corrected chi connectivity index (χ2v) is 9.57. The first kappa shape index (κ1) is 27.9. The Kier molecular flexibility index (Phi) is 10.9. The van der Waals surface area contributed by atoms with Gasteiger partial charge in [0.05, 0.1) is 5.60 Å². The summed E-state index contributed by atoms with van der Waals surface area (Å²) < 4.78 is 69.6. The molecule has 0 aliphatic rings. The Hall–Kier alpha value is -1.17. The van der Waals surface area contributed by atoms with Crippen molar-refractivity contribution in [3.8, 4) is 0 Å². The molecule has 0 aromatic heterocycles. The van der Waals surface area contributed by atoms with Crippen LogP contribution in [0, 0.1) is 46.8 Å². The summed E-state index contributed by atoms with van der Waals surface area (Å²) in [5.41, 5.74) is -1.90. The highest BCUT2D eigenvalue weighted by atomic mass is 19.2. The largest absolute Gasteiger partial charge is 0.389 e. The Morgan fingerprint density at radius 3 is 1.55 bits per heavy atom. The highest BCUT2D eigenvalue weighted by Crippen LogP contribution is 2.43. The third-order valence-electron chi connectivity index (χ3n) is 6.78. The molecule has 1 rings (SSSR count). The molecular weight excluding hydrogens is 411 g/mol. The first-order chi connectivity index (χ1) is 14.4. The molecule has 1 aromatic rings. The van der Waals surface area contributed by atoms with Crippen LogP contribution < -0.4 is 0 Å². The second-order valence-electron chi connectivity index (χ2n) is 9.57. The number of hydrogen-bond acceptors (Lipinski definition) is 1. The molecule has 2 unspecified atom stereocenters. The van der Waals surface area contributed by atoms with Gasteiger partial charge in [-0.25, -0.2) is 22.0 Å². The molecule has 1 N–H and O–H groups in total. The number of benzene rings is 1. The van der Waals surface area contributed by atoms with Crippen LogP contribution in [-0.4, -0.2) is 10.7 Å². The molecule has 0 aliphatic heterocycles. The molecule has 0 aliphatic carbocycles. The Morgan fingerprint density at radius 1 is 0.677 bits per heavy atom. The monoisotopic (exact) mass is 450 g/mol. The van der Waals surface area contributed by atoms with E-state index in [4.69, 9.17) is 0 Å². The van der Waals surface area contributed by atoms with E-state index in [0.717, 1.165) is 32.1 Å². The molecule has 0 amide bonds. The minimum atomic E-state index is -2.14. The summed E-state index contributed by atoms with van der Waals surface area (Å²) in [7, 11) is 0. The molecule has 2 atom stereocenters. The Balaban J connectivity index is 3.17. The van der Waals surface area contributed by atoms with Crippen LogP contribution in [0.25, 0.3) is 0 Å². The van der Waals surface area contributed by atoms with Crippen molar-refractivity contribution in [3.05, 3.63) is 34.6 Å². The molecule has 0 spiro atoms. The lowest BCUT2D eigenvalue weighted by atomic mass is 9.66. The van der Waals surface area contributed by atoms with Gasteiger partial charge in [-0.3, -0.25) is 0 Å². The van der Waals surface area contributed by atoms with Gasteiger partial charge < -0.3 is 5.11 Å². The molecule has 0 saturated heterocycles. The van der Waals surface area contributed by atoms with E-state index in [0.29, 0.717) is 6.42 Å². The van der Waals surface area contributed by atoms with Gasteiger partial charge in [-0.1, -0.05) is 80.1 Å². The van der Waals surface area contributed by atoms with Crippen molar-refractivity contribution in [3.63, 3.8) is 0 Å². The second kappa shape index (κ2) is 12.2. The van der Waals surface area contributed by atoms with E-state index < -0.39 is 46.2 Å². The van der Waals surface area contributed by atoms with Gasteiger partial charge in [0, 0.05) is 5.56 Å². The summed E-state index contributed by atoms with van der Waals surface area (Å²) in [6.07, 6.45) is 7.14. The van der Waals surface area contributed by atoms with Crippen molar-refractivity contribution < 1.29 is 27.1 Å². The van der Waals surface area contributed by atoms with E-state index in [2.05, 4.69) is 6.92 Å². The van der Waals surface area contributed by atoms with Crippen LogP contribution in [0.1, 0.15) is 104 Å². The van der Waals surface area contributed by atoms with Gasteiger partial charge in [0.15, 0.2) is 23.3 Å². The number of hydrogen-bond donors (Lipinski definition) is 1. The standard InChI is InChI=1S/C25H39F5O/c1-7-8-9-10-11-12-13-18(25(31,15(2)3)16(4)5)14-17(6)19-20(26)22(28)24(30)23(29)21(19)27/h15-18,31H,7-14H2,1-6H3. The summed E-state index contributed by atoms with van der Waals surface area (Å²) >= 11 is 0. The summed E-state index contributed by atoms with van der Waals surface area (Å²) in [6, 6.07) is 0. The summed E-state index contributed by atoms with van der Waals surface area (Å²) in [5.74, 6) is -11.0. The zero-order valence-electron chi connectivity index (χ0n) is 19.8. The minimum absolute atomic E-state index is 0.124. The maximum absolute atomic E-state index is 14.4. The maximum Gasteiger partial charge on any atom is 0.200 e. The average Bonchev–Trinajstić information content (AvgIpc) is 2.71. The van der Waals surface area contributed by atoms with Crippen molar-refractivity contribution >= 4 is 0 Å². The number of halogens is 5. The predicted octanol–water partition coefficient (Wildman–Crippen LogP) is 8.29. The summed E-state index contributed by atoms with van der Waals surface area (Å²) in [5, 5.41) is 11.6. The van der Waals surface area contributed by atoms with Gasteiger partial charge in [-0.05, 0) is 36.5 Å². The lowest BCUT2D eigenvalue weighted by Crippen LogP contribution is -2.48. The fraction of sp³-hybridized carbons (Fsp3) is 0.760. The van der Waals surface area contributed by atoms with Crippen molar-refractivity contribution in [2.75, 3.05) is 0 Å². The smallest absolute Gasteiger partial charge is 0.200 e. The van der Waals surface area contributed by atoms with Crippen LogP contribution in [-0.2, 0) is 0 Å². The minimum Gasteiger partial charge on any atom is -0.389 e. The van der Waals surface area contributed by atoms with Gasteiger partial charge in [0.25, 0.3) is 0 Å². The van der Waals surface area contributed by atoms with Crippen LogP contribution in [0.5, 0.6) is 0 Å². The predicted molar refractivity (Wildman–Crippen MR) is 115 cm³/mol. The van der Waals surface area contributed by atoms with Gasteiger partial charge >= 0.3 is 0 Å². The van der Waals surface area contributed by atoms with Crippen molar-refractivity contribution in [2.24, 2.45) is 17.8 Å². The van der Waals surface area contributed by atoms with Crippen LogP contribution in [0.4, 0.5) is 22.0 Å². The quantitative estimate of drug-likeness (QED) is 0.139. The molecule has 6 heteroatoms. The molecule has 0 bridgehead atoms. The van der Waals surface area contributed by atoms with E-state index in [-0.39, 0.29) is 24.2 Å². The molecule has 0 radical (unpaired) electrons. The maximum atomic E-state index is 14.4. The SMILES string of the molecule is CCCCCCCCC(CC(C)c1c(F)c(F)c(F)c(F)c1F)C(O)(C(C)C)C(C)C. The molecule has 0 heterocycles. The number of aliphatic hydroxyl groups is 1. The Morgan fingerprint density at radius 2 is 1.10 bits per heavy atom. The highest BCUT2D eigenvalue weighted by molar-refractivity contribution is 5.27. The topological polar surface area (TPSA) is 20.2 Å². The van der Waals surface area contributed by atoms with Crippen LogP contribution >= 0.6 is 0 Å². The molecule has 0 fully saturated rings. The molecule has 1 nitrogen and oxygen atoms in total. The number of rotatable bonds is 13. The zero-order chi connectivity index (χ0) is 23.9. The molecule has 1 aromatic carbocycles. The number of unbranched alkanes of at least 4 members (excludes halogenated alkanes) is 5. The third-order valence-corrected chi connectivity index (χ3v) is 6.78. The summed E-state index contributed by atoms with van der Waals surface area (Å²) in [4.78, 5) is 0. The van der Waals surface area contributed by atoms with E-state index in [1.54, 1.807) is 0 Å². The van der Waals surface area contributed by atoms with Gasteiger partial charge in [-0.15, -0.1) is 0 Å². The van der Waals surface area contributed by atoms with E-state index in [1.807, 2.05) is 27.7 Å². The lowest BCUT2D eigenvalue weighted by Gasteiger charge is -2.44. The molecule has 0 saturated carbocycles. The van der Waals surface area contributed by atoms with E-state index >= 15 is 0 Å². The normalized spacial score (nSPS) is 14.5. The van der Waals surface area contributed by atoms with Crippen LogP contribution in [0.2, 0.25) is 0 Å². The van der Waals surface area contributed by atoms with Crippen LogP contribution in [0.15, 0.2) is 0 Å². The summed E-state index contributed by atoms with van der Waals surface area (Å²) in [6.45, 7) is 11.2. The fourth-order valence-electron chi connectivity index (χ4n) is 4.92. The van der Waals surface area contributed by atoms with Gasteiger partial charge in [0.2, 0.25) is 5.82 Å².